The Labute approximate surface area is 161 Å². The van der Waals surface area contributed by atoms with E-state index in [1.54, 1.807) is 13.0 Å². The molecule has 0 saturated heterocycles. The summed E-state index contributed by atoms with van der Waals surface area (Å²) in [4.78, 5) is 25.1. The van der Waals surface area contributed by atoms with Gasteiger partial charge in [0.1, 0.15) is 5.75 Å². The molecular weight excluding hydrogens is 396 g/mol. The Hall–Kier alpha value is -1.56. The molecular formula is C20H23BrN2O3. The fourth-order valence-corrected chi connectivity index (χ4v) is 7.42. The molecule has 0 spiro atoms. The van der Waals surface area contributed by atoms with Gasteiger partial charge in [0.25, 0.3) is 5.91 Å². The van der Waals surface area contributed by atoms with Gasteiger partial charge < -0.3 is 15.4 Å². The monoisotopic (exact) mass is 418 g/mol. The first kappa shape index (κ1) is 16.6. The number of fused-ring (bicyclic) bond motifs is 1. The molecule has 4 fully saturated rings. The van der Waals surface area contributed by atoms with Gasteiger partial charge in [0.2, 0.25) is 5.91 Å². The number of anilines is 2. The molecule has 4 aliphatic carbocycles. The highest BCUT2D eigenvalue weighted by Gasteiger charge is 2.59. The van der Waals surface area contributed by atoms with Crippen LogP contribution in [0.2, 0.25) is 0 Å². The lowest BCUT2D eigenvalue weighted by Gasteiger charge is -2.59. The molecule has 0 aromatic heterocycles. The summed E-state index contributed by atoms with van der Waals surface area (Å²) in [6.07, 6.45) is 6.14. The number of nitrogens with one attached hydrogen (secondary N) is 2. The summed E-state index contributed by atoms with van der Waals surface area (Å²) in [5, 5.41) is 5.97. The minimum atomic E-state index is -0.495. The number of rotatable bonds is 2. The Morgan fingerprint density at radius 2 is 2.00 bits per heavy atom. The molecule has 1 heterocycles. The van der Waals surface area contributed by atoms with E-state index in [2.05, 4.69) is 26.6 Å². The Morgan fingerprint density at radius 3 is 2.69 bits per heavy atom. The van der Waals surface area contributed by atoms with Gasteiger partial charge in [0.05, 0.1) is 11.1 Å². The van der Waals surface area contributed by atoms with Crippen LogP contribution in [0, 0.1) is 17.3 Å². The number of hydrogen-bond donors (Lipinski definition) is 2. The van der Waals surface area contributed by atoms with Crippen molar-refractivity contribution in [3.63, 3.8) is 0 Å². The van der Waals surface area contributed by atoms with Gasteiger partial charge >= 0.3 is 0 Å². The second-order valence-corrected chi connectivity index (χ2v) is 10.5. The quantitative estimate of drug-likeness (QED) is 0.710. The molecule has 1 aromatic rings. The third-order valence-corrected chi connectivity index (χ3v) is 7.57. The van der Waals surface area contributed by atoms with E-state index in [1.165, 1.54) is 19.3 Å². The van der Waals surface area contributed by atoms with E-state index in [-0.39, 0.29) is 21.6 Å². The molecule has 1 aliphatic heterocycles. The third kappa shape index (κ3) is 2.56. The third-order valence-electron chi connectivity index (χ3n) is 6.64. The number of carbonyl (C=O) groups is 2. The van der Waals surface area contributed by atoms with Crippen molar-refractivity contribution in [2.24, 2.45) is 17.3 Å². The number of hydrogen-bond acceptors (Lipinski definition) is 3. The topological polar surface area (TPSA) is 67.4 Å². The summed E-state index contributed by atoms with van der Waals surface area (Å²) in [5.41, 5.74) is 1.08. The summed E-state index contributed by atoms with van der Waals surface area (Å²) in [6, 6.07) is 5.46. The number of amides is 2. The van der Waals surface area contributed by atoms with Crippen LogP contribution in [0.3, 0.4) is 0 Å². The second-order valence-electron chi connectivity index (χ2n) is 8.81. The Kier molecular flexibility index (Phi) is 3.49. The van der Waals surface area contributed by atoms with Crippen LogP contribution < -0.4 is 15.4 Å². The van der Waals surface area contributed by atoms with E-state index in [1.807, 2.05) is 12.1 Å². The lowest BCUT2D eigenvalue weighted by Crippen LogP contribution is -2.57. The highest BCUT2D eigenvalue weighted by atomic mass is 79.9. The molecule has 5 aliphatic rings. The van der Waals surface area contributed by atoms with Gasteiger partial charge in [0, 0.05) is 10.0 Å². The summed E-state index contributed by atoms with van der Waals surface area (Å²) in [5.74, 6) is 1.94. The average Bonchev–Trinajstić information content (AvgIpc) is 2.54. The van der Waals surface area contributed by atoms with Crippen LogP contribution in [0.25, 0.3) is 0 Å². The van der Waals surface area contributed by atoms with E-state index in [0.717, 1.165) is 19.3 Å². The first-order valence-electron chi connectivity index (χ1n) is 9.46. The molecule has 0 radical (unpaired) electrons. The second kappa shape index (κ2) is 5.47. The van der Waals surface area contributed by atoms with Crippen molar-refractivity contribution in [1.82, 2.24) is 0 Å². The molecule has 26 heavy (non-hydrogen) atoms. The molecule has 6 rings (SSSR count). The maximum absolute atomic E-state index is 13.2. The van der Waals surface area contributed by atoms with Gasteiger partial charge in [-0.2, -0.15) is 0 Å². The van der Waals surface area contributed by atoms with Gasteiger partial charge in [0.15, 0.2) is 6.10 Å². The Bertz CT molecular complexity index is 794. The zero-order chi connectivity index (χ0) is 18.1. The minimum Gasteiger partial charge on any atom is -0.479 e. The van der Waals surface area contributed by atoms with Crippen LogP contribution >= 0.6 is 15.9 Å². The van der Waals surface area contributed by atoms with Crippen molar-refractivity contribution >= 4 is 39.1 Å². The SMILES string of the molecule is CC1Oc2ccc(NC(=O)C34CC5CC(CC(Br)(C5)C3)C4)cc2NC1=O. The lowest BCUT2D eigenvalue weighted by molar-refractivity contribution is -0.138. The van der Waals surface area contributed by atoms with E-state index < -0.39 is 6.10 Å². The van der Waals surface area contributed by atoms with Crippen LogP contribution in [0.4, 0.5) is 11.4 Å². The number of benzene rings is 1. The predicted octanol–water partition coefficient (Wildman–Crippen LogP) is 4.08. The summed E-state index contributed by atoms with van der Waals surface area (Å²) >= 11 is 3.96. The predicted molar refractivity (Wildman–Crippen MR) is 103 cm³/mol. The van der Waals surface area contributed by atoms with Crippen molar-refractivity contribution in [3.05, 3.63) is 18.2 Å². The molecule has 5 nitrogen and oxygen atoms in total. The average molecular weight is 419 g/mol. The van der Waals surface area contributed by atoms with Crippen LogP contribution in [0.15, 0.2) is 18.2 Å². The molecule has 138 valence electrons. The zero-order valence-corrected chi connectivity index (χ0v) is 16.4. The molecule has 3 atom stereocenters. The molecule has 4 saturated carbocycles. The summed E-state index contributed by atoms with van der Waals surface area (Å²) in [7, 11) is 0. The first-order valence-corrected chi connectivity index (χ1v) is 10.3. The smallest absolute Gasteiger partial charge is 0.265 e. The first-order chi connectivity index (χ1) is 12.3. The number of alkyl halides is 1. The Morgan fingerprint density at radius 1 is 1.27 bits per heavy atom. The van der Waals surface area contributed by atoms with Crippen LogP contribution in [0.1, 0.15) is 45.4 Å². The molecule has 6 heteroatoms. The molecule has 3 unspecified atom stereocenters. The van der Waals surface area contributed by atoms with Crippen molar-refractivity contribution in [3.8, 4) is 5.75 Å². The van der Waals surface area contributed by atoms with Crippen molar-refractivity contribution in [2.45, 2.75) is 55.9 Å². The van der Waals surface area contributed by atoms with Gasteiger partial charge in [-0.15, -0.1) is 0 Å². The number of ether oxygens (including phenoxy) is 1. The molecule has 2 amide bonds. The molecule has 2 N–H and O–H groups in total. The minimum absolute atomic E-state index is 0.131. The number of halogens is 1. The van der Waals surface area contributed by atoms with Gasteiger partial charge in [-0.25, -0.2) is 0 Å². The van der Waals surface area contributed by atoms with Crippen molar-refractivity contribution in [2.75, 3.05) is 10.6 Å². The standard InChI is InChI=1S/C20H23BrN2O3/c1-11-17(24)23-15-5-14(2-3-16(15)26-11)22-18(25)19-6-12-4-13(7-19)9-20(21,8-12)10-19/h2-3,5,11-13H,4,6-10H2,1H3,(H,22,25)(H,23,24). The maximum Gasteiger partial charge on any atom is 0.265 e. The zero-order valence-electron chi connectivity index (χ0n) is 14.8. The summed E-state index contributed by atoms with van der Waals surface area (Å²) < 4.78 is 5.74. The molecule has 4 bridgehead atoms. The highest BCUT2D eigenvalue weighted by molar-refractivity contribution is 9.10. The van der Waals surface area contributed by atoms with Crippen molar-refractivity contribution in [1.29, 1.82) is 0 Å². The van der Waals surface area contributed by atoms with Crippen LogP contribution in [0.5, 0.6) is 5.75 Å². The fraction of sp³-hybridized carbons (Fsp3) is 0.600. The normalized spacial score (nSPS) is 39.8. The highest BCUT2D eigenvalue weighted by Crippen LogP contribution is 2.64. The van der Waals surface area contributed by atoms with Crippen LogP contribution in [-0.4, -0.2) is 22.2 Å². The fourth-order valence-electron chi connectivity index (χ4n) is 5.97. The summed E-state index contributed by atoms with van der Waals surface area (Å²) in [6.45, 7) is 1.72. The van der Waals surface area contributed by atoms with Gasteiger partial charge in [-0.05, 0) is 75.5 Å². The van der Waals surface area contributed by atoms with E-state index in [9.17, 15) is 9.59 Å². The van der Waals surface area contributed by atoms with Crippen molar-refractivity contribution < 1.29 is 14.3 Å². The van der Waals surface area contributed by atoms with E-state index in [4.69, 9.17) is 4.74 Å². The lowest BCUT2D eigenvalue weighted by atomic mass is 9.49. The van der Waals surface area contributed by atoms with Crippen LogP contribution in [-0.2, 0) is 9.59 Å². The maximum atomic E-state index is 13.2. The van der Waals surface area contributed by atoms with Gasteiger partial charge in [-0.3, -0.25) is 9.59 Å². The Balaban J connectivity index is 1.38. The molecule has 1 aromatic carbocycles. The van der Waals surface area contributed by atoms with E-state index in [0.29, 0.717) is 29.0 Å². The number of carbonyl (C=O) groups excluding carboxylic acids is 2. The van der Waals surface area contributed by atoms with Gasteiger partial charge in [-0.1, -0.05) is 15.9 Å². The van der Waals surface area contributed by atoms with E-state index >= 15 is 0 Å². The largest absolute Gasteiger partial charge is 0.479 e.